The zero-order valence-electron chi connectivity index (χ0n) is 31.4. The zero-order valence-corrected chi connectivity index (χ0v) is 31.4. The van der Waals surface area contributed by atoms with Crippen LogP contribution in [0.25, 0.3) is 127 Å². The van der Waals surface area contributed by atoms with E-state index in [0.717, 1.165) is 98.8 Å². The topological polar surface area (TPSA) is 69.9 Å². The Morgan fingerprint density at radius 1 is 0.339 bits per heavy atom. The predicted molar refractivity (Wildman–Crippen MR) is 240 cm³/mol. The first-order valence-corrected chi connectivity index (χ1v) is 19.8. The highest BCUT2D eigenvalue weighted by Crippen LogP contribution is 2.44. The van der Waals surface area contributed by atoms with Gasteiger partial charge in [0.05, 0.1) is 22.1 Å². The van der Waals surface area contributed by atoms with Crippen LogP contribution in [0.4, 0.5) is 0 Å². The fourth-order valence-corrected chi connectivity index (χ4v) is 9.06. The molecular formula is C53H30N4O2. The minimum absolute atomic E-state index is 0.553. The van der Waals surface area contributed by atoms with Crippen LogP contribution in [0.1, 0.15) is 0 Å². The molecule has 0 amide bonds. The highest BCUT2D eigenvalue weighted by Gasteiger charge is 2.25. The molecule has 0 saturated heterocycles. The van der Waals surface area contributed by atoms with E-state index in [0.29, 0.717) is 17.5 Å². The van der Waals surface area contributed by atoms with E-state index in [9.17, 15) is 0 Å². The number of benzene rings is 9. The summed E-state index contributed by atoms with van der Waals surface area (Å²) in [5.41, 5.74) is 8.94. The van der Waals surface area contributed by atoms with Gasteiger partial charge < -0.3 is 13.4 Å². The summed E-state index contributed by atoms with van der Waals surface area (Å²) in [6.07, 6.45) is 0. The van der Waals surface area contributed by atoms with Crippen LogP contribution < -0.4 is 0 Å². The third kappa shape index (κ3) is 4.84. The van der Waals surface area contributed by atoms with E-state index in [4.69, 9.17) is 23.8 Å². The van der Waals surface area contributed by atoms with Crippen LogP contribution in [-0.2, 0) is 0 Å². The summed E-state index contributed by atoms with van der Waals surface area (Å²) < 4.78 is 15.3. The van der Waals surface area contributed by atoms with Crippen molar-refractivity contribution in [3.63, 3.8) is 0 Å². The minimum Gasteiger partial charge on any atom is -0.456 e. The van der Waals surface area contributed by atoms with Gasteiger partial charge in [0.25, 0.3) is 0 Å². The van der Waals surface area contributed by atoms with Gasteiger partial charge in [-0.2, -0.15) is 0 Å². The molecule has 4 aromatic heterocycles. The highest BCUT2D eigenvalue weighted by atomic mass is 16.3. The molecule has 0 fully saturated rings. The summed E-state index contributed by atoms with van der Waals surface area (Å²) in [6, 6.07) is 63.3. The van der Waals surface area contributed by atoms with Crippen LogP contribution in [0.2, 0.25) is 0 Å². The van der Waals surface area contributed by atoms with Crippen LogP contribution in [0.5, 0.6) is 0 Å². The van der Waals surface area contributed by atoms with E-state index >= 15 is 0 Å². The summed E-state index contributed by atoms with van der Waals surface area (Å²) in [4.78, 5) is 15.9. The molecule has 0 unspecified atom stereocenters. The van der Waals surface area contributed by atoms with Crippen molar-refractivity contribution in [1.82, 2.24) is 19.5 Å². The molecule has 13 aromatic rings. The monoisotopic (exact) mass is 754 g/mol. The number of fused-ring (bicyclic) bond motifs is 11. The molecule has 0 saturated carbocycles. The molecule has 0 atom stereocenters. The van der Waals surface area contributed by atoms with Crippen LogP contribution in [0, 0.1) is 0 Å². The number of hydrogen-bond acceptors (Lipinski definition) is 5. The first-order chi connectivity index (χ1) is 29.2. The Hall–Kier alpha value is -8.09. The van der Waals surface area contributed by atoms with Crippen molar-refractivity contribution in [3.8, 4) is 39.9 Å². The molecule has 0 radical (unpaired) electrons. The fourth-order valence-electron chi connectivity index (χ4n) is 9.06. The Bertz CT molecular complexity index is 3870. The maximum absolute atomic E-state index is 6.59. The highest BCUT2D eigenvalue weighted by molar-refractivity contribution is 6.18. The largest absolute Gasteiger partial charge is 0.456 e. The number of rotatable bonds is 4. The second-order valence-corrected chi connectivity index (χ2v) is 15.2. The molecule has 0 bridgehead atoms. The number of hydrogen-bond donors (Lipinski definition) is 0. The lowest BCUT2D eigenvalue weighted by atomic mass is 10.0. The lowest BCUT2D eigenvalue weighted by Gasteiger charge is -2.16. The Balaban J connectivity index is 1.15. The van der Waals surface area contributed by atoms with Crippen LogP contribution in [0.15, 0.2) is 191 Å². The smallest absolute Gasteiger partial charge is 0.166 e. The van der Waals surface area contributed by atoms with E-state index in [2.05, 4.69) is 150 Å². The molecule has 13 rings (SSSR count). The van der Waals surface area contributed by atoms with Crippen molar-refractivity contribution in [3.05, 3.63) is 182 Å². The van der Waals surface area contributed by atoms with Crippen molar-refractivity contribution in [1.29, 1.82) is 0 Å². The molecule has 4 heterocycles. The van der Waals surface area contributed by atoms with E-state index < -0.39 is 0 Å². The zero-order chi connectivity index (χ0) is 38.6. The third-order valence-electron chi connectivity index (χ3n) is 11.8. The van der Waals surface area contributed by atoms with Crippen LogP contribution in [0.3, 0.4) is 0 Å². The molecule has 6 nitrogen and oxygen atoms in total. The van der Waals surface area contributed by atoms with Gasteiger partial charge in [-0.05, 0) is 82.2 Å². The van der Waals surface area contributed by atoms with Crippen molar-refractivity contribution in [2.45, 2.75) is 0 Å². The quantitative estimate of drug-likeness (QED) is 0.179. The van der Waals surface area contributed by atoms with Crippen molar-refractivity contribution >= 4 is 87.2 Å². The standard InChI is InChI=1S/C53H30N4O2/c1-2-12-32-27-35(22-21-31(32)11-1)51-54-52(36-23-24-39-38-16-6-9-19-45(38)59-48(39)30-36)56-53(55-51)41-25-26-47-49(40-17-7-10-20-46(40)58-47)50(41)57-43-18-8-5-15-37(43)42-28-33-13-3-4-14-34(33)29-44(42)57/h1-30H. The van der Waals surface area contributed by atoms with Gasteiger partial charge in [0.2, 0.25) is 0 Å². The van der Waals surface area contributed by atoms with Crippen LogP contribution >= 0.6 is 0 Å². The van der Waals surface area contributed by atoms with Gasteiger partial charge in [0.1, 0.15) is 22.3 Å². The molecule has 6 heteroatoms. The van der Waals surface area contributed by atoms with E-state index in [1.807, 2.05) is 36.4 Å². The molecule has 0 aliphatic rings. The van der Waals surface area contributed by atoms with Gasteiger partial charge in [0, 0.05) is 43.6 Å². The Labute approximate surface area is 336 Å². The molecule has 0 spiro atoms. The maximum atomic E-state index is 6.59. The number of aromatic nitrogens is 4. The van der Waals surface area contributed by atoms with E-state index in [-0.39, 0.29) is 0 Å². The Kier molecular flexibility index (Phi) is 6.63. The van der Waals surface area contributed by atoms with Gasteiger partial charge in [-0.3, -0.25) is 0 Å². The Morgan fingerprint density at radius 2 is 0.915 bits per heavy atom. The fraction of sp³-hybridized carbons (Fsp3) is 0. The first kappa shape index (κ1) is 32.0. The van der Waals surface area contributed by atoms with Gasteiger partial charge in [-0.15, -0.1) is 0 Å². The van der Waals surface area contributed by atoms with Gasteiger partial charge >= 0.3 is 0 Å². The second kappa shape index (κ2) is 12.2. The number of para-hydroxylation sites is 3. The van der Waals surface area contributed by atoms with Crippen molar-refractivity contribution in [2.75, 3.05) is 0 Å². The second-order valence-electron chi connectivity index (χ2n) is 15.2. The van der Waals surface area contributed by atoms with E-state index in [1.54, 1.807) is 0 Å². The van der Waals surface area contributed by atoms with Crippen LogP contribution in [-0.4, -0.2) is 19.5 Å². The van der Waals surface area contributed by atoms with Gasteiger partial charge in [0.15, 0.2) is 17.5 Å². The molecule has 274 valence electrons. The van der Waals surface area contributed by atoms with Gasteiger partial charge in [-0.25, -0.2) is 15.0 Å². The number of nitrogens with zero attached hydrogens (tertiary/aromatic N) is 4. The summed E-state index contributed by atoms with van der Waals surface area (Å²) in [5, 5.41) is 11.1. The maximum Gasteiger partial charge on any atom is 0.166 e. The van der Waals surface area contributed by atoms with Crippen molar-refractivity contribution in [2.24, 2.45) is 0 Å². The summed E-state index contributed by atoms with van der Waals surface area (Å²) >= 11 is 0. The third-order valence-corrected chi connectivity index (χ3v) is 11.8. The normalized spacial score (nSPS) is 12.1. The molecule has 0 N–H and O–H groups in total. The number of furan rings is 2. The Morgan fingerprint density at radius 3 is 1.73 bits per heavy atom. The summed E-state index contributed by atoms with van der Waals surface area (Å²) in [5.74, 6) is 1.69. The van der Waals surface area contributed by atoms with Gasteiger partial charge in [-0.1, -0.05) is 121 Å². The average molecular weight is 755 g/mol. The SMILES string of the molecule is c1ccc2cc(-c3nc(-c4ccc5c(c4)oc4ccccc45)nc(-c4ccc5oc6ccccc6c5c4-n4c5ccccc5c5cc6ccccc6cc54)n3)ccc2c1. The summed E-state index contributed by atoms with van der Waals surface area (Å²) in [6.45, 7) is 0. The molecule has 0 aliphatic heterocycles. The van der Waals surface area contributed by atoms with Crippen molar-refractivity contribution < 1.29 is 8.83 Å². The first-order valence-electron chi connectivity index (χ1n) is 19.8. The average Bonchev–Trinajstić information content (AvgIpc) is 3.97. The van der Waals surface area contributed by atoms with E-state index in [1.165, 1.54) is 10.8 Å². The molecule has 0 aliphatic carbocycles. The summed E-state index contributed by atoms with van der Waals surface area (Å²) in [7, 11) is 0. The predicted octanol–water partition coefficient (Wildman–Crippen LogP) is 14.1. The lowest BCUT2D eigenvalue weighted by molar-refractivity contribution is 0.668. The molecule has 9 aromatic carbocycles. The molecule has 59 heavy (non-hydrogen) atoms. The minimum atomic E-state index is 0.553. The molecular weight excluding hydrogens is 725 g/mol. The lowest BCUT2D eigenvalue weighted by Crippen LogP contribution is -2.04.